The van der Waals surface area contributed by atoms with Crippen LogP contribution in [-0.4, -0.2) is 47.9 Å². The van der Waals surface area contributed by atoms with Crippen molar-refractivity contribution in [2.75, 3.05) is 36.6 Å². The van der Waals surface area contributed by atoms with Crippen LogP contribution in [0, 0.1) is 0 Å². The van der Waals surface area contributed by atoms with Crippen molar-refractivity contribution in [3.63, 3.8) is 0 Å². The van der Waals surface area contributed by atoms with E-state index in [0.29, 0.717) is 17.3 Å². The molecule has 0 atom stereocenters. The number of aromatic nitrogens is 2. The molecular weight excluding hydrogens is 418 g/mol. The highest BCUT2D eigenvalue weighted by atomic mass is 16.5. The van der Waals surface area contributed by atoms with Gasteiger partial charge in [0.15, 0.2) is 5.75 Å². The van der Waals surface area contributed by atoms with Gasteiger partial charge in [0.25, 0.3) is 0 Å². The maximum atomic E-state index is 6.21. The molecule has 33 heavy (non-hydrogen) atoms. The van der Waals surface area contributed by atoms with E-state index in [2.05, 4.69) is 44.0 Å². The van der Waals surface area contributed by atoms with E-state index in [0.717, 1.165) is 44.2 Å². The number of hydrogen-bond donors (Lipinski definition) is 2. The highest BCUT2D eigenvalue weighted by Gasteiger charge is 2.10. The first-order valence-electron chi connectivity index (χ1n) is 10.6. The van der Waals surface area contributed by atoms with Crippen LogP contribution in [0.3, 0.4) is 0 Å². The molecule has 9 nitrogen and oxygen atoms in total. The molecule has 4 rings (SSSR count). The highest BCUT2D eigenvalue weighted by molar-refractivity contribution is 5.54. The fraction of sp³-hybridized carbons (Fsp3) is 0.208. The molecule has 1 fully saturated rings. The molecule has 3 aromatic rings. The summed E-state index contributed by atoms with van der Waals surface area (Å²) in [7, 11) is 0. The number of ether oxygens (including phenoxy) is 2. The Hall–Kier alpha value is -3.79. The summed E-state index contributed by atoms with van der Waals surface area (Å²) in [5.41, 5.74) is 2.92. The van der Waals surface area contributed by atoms with E-state index < -0.39 is 0 Å². The zero-order valence-electron chi connectivity index (χ0n) is 18.3. The minimum Gasteiger partial charge on any atom is -0.454 e. The van der Waals surface area contributed by atoms with Crippen LogP contribution >= 0.6 is 0 Å². The maximum Gasteiger partial charge on any atom is 0.163 e. The standard InChI is InChI=1S/C24H27N7O2/c1-26-24(29-20-4-2-19(3-5-20)16-30-10-12-32-13-11-30)17-31(25)21-6-8-22(9-7-21)33-23-14-27-18-28-15-23/h2-9,14-15,17-18,29H,1,10-13,16,25H2/b24-17+. The number of nitrogens with one attached hydrogen (secondary N) is 1. The van der Waals surface area contributed by atoms with Crippen LogP contribution in [0.2, 0.25) is 0 Å². The Bertz CT molecular complexity index is 1050. The van der Waals surface area contributed by atoms with Gasteiger partial charge in [-0.05, 0) is 48.7 Å². The topological polar surface area (TPSA) is 101 Å². The van der Waals surface area contributed by atoms with Crippen LogP contribution in [-0.2, 0) is 11.3 Å². The van der Waals surface area contributed by atoms with Gasteiger partial charge >= 0.3 is 0 Å². The average molecular weight is 446 g/mol. The van der Waals surface area contributed by atoms with Gasteiger partial charge < -0.3 is 14.8 Å². The fourth-order valence-corrected chi connectivity index (χ4v) is 3.34. The van der Waals surface area contributed by atoms with E-state index in [1.165, 1.54) is 16.9 Å². The molecule has 1 saturated heterocycles. The quantitative estimate of drug-likeness (QED) is 0.294. The van der Waals surface area contributed by atoms with Crippen molar-refractivity contribution in [2.45, 2.75) is 6.54 Å². The smallest absolute Gasteiger partial charge is 0.163 e. The summed E-state index contributed by atoms with van der Waals surface area (Å²) in [5, 5.41) is 4.71. The van der Waals surface area contributed by atoms with Crippen LogP contribution in [0.5, 0.6) is 11.5 Å². The molecule has 0 spiro atoms. The van der Waals surface area contributed by atoms with Crippen LogP contribution in [0.15, 0.2) is 84.3 Å². The number of morpholine rings is 1. The van der Waals surface area contributed by atoms with Gasteiger partial charge in [-0.2, -0.15) is 0 Å². The van der Waals surface area contributed by atoms with Gasteiger partial charge in [0.1, 0.15) is 17.9 Å². The van der Waals surface area contributed by atoms with Crippen molar-refractivity contribution in [3.8, 4) is 11.5 Å². The van der Waals surface area contributed by atoms with E-state index in [1.54, 1.807) is 18.6 Å². The Labute approximate surface area is 193 Å². The van der Waals surface area contributed by atoms with Crippen molar-refractivity contribution in [3.05, 3.63) is 84.8 Å². The van der Waals surface area contributed by atoms with E-state index in [4.69, 9.17) is 15.3 Å². The lowest BCUT2D eigenvalue weighted by Gasteiger charge is -2.26. The molecule has 170 valence electrons. The normalized spacial score (nSPS) is 14.5. The van der Waals surface area contributed by atoms with Gasteiger partial charge in [-0.15, -0.1) is 0 Å². The van der Waals surface area contributed by atoms with Gasteiger partial charge in [-0.1, -0.05) is 12.1 Å². The second-order valence-electron chi connectivity index (χ2n) is 7.46. The van der Waals surface area contributed by atoms with Crippen LogP contribution in [0.1, 0.15) is 5.56 Å². The monoisotopic (exact) mass is 445 g/mol. The summed E-state index contributed by atoms with van der Waals surface area (Å²) >= 11 is 0. The van der Waals surface area contributed by atoms with E-state index in [-0.39, 0.29) is 0 Å². The fourth-order valence-electron chi connectivity index (χ4n) is 3.34. The number of nitrogens with two attached hydrogens (primary N) is 1. The van der Waals surface area contributed by atoms with Crippen molar-refractivity contribution in [2.24, 2.45) is 10.8 Å². The van der Waals surface area contributed by atoms with E-state index in [9.17, 15) is 0 Å². The third kappa shape index (κ3) is 6.59. The van der Waals surface area contributed by atoms with Gasteiger partial charge in [-0.3, -0.25) is 9.91 Å². The Kier molecular flexibility index (Phi) is 7.60. The second-order valence-corrected chi connectivity index (χ2v) is 7.46. The zero-order chi connectivity index (χ0) is 22.9. The summed E-state index contributed by atoms with van der Waals surface area (Å²) in [6.07, 6.45) is 6.33. The van der Waals surface area contributed by atoms with Crippen LogP contribution in [0.4, 0.5) is 11.4 Å². The highest BCUT2D eigenvalue weighted by Crippen LogP contribution is 2.23. The molecular formula is C24H27N7O2. The van der Waals surface area contributed by atoms with Crippen LogP contribution in [0.25, 0.3) is 0 Å². The molecule has 0 unspecified atom stereocenters. The Morgan fingerprint density at radius 3 is 2.45 bits per heavy atom. The van der Waals surface area contributed by atoms with Crippen molar-refractivity contribution in [1.29, 1.82) is 0 Å². The first kappa shape index (κ1) is 22.4. The first-order valence-corrected chi connectivity index (χ1v) is 10.6. The number of anilines is 2. The second kappa shape index (κ2) is 11.2. The summed E-state index contributed by atoms with van der Waals surface area (Å²) < 4.78 is 11.1. The summed E-state index contributed by atoms with van der Waals surface area (Å²) in [4.78, 5) is 14.3. The molecule has 2 aromatic carbocycles. The molecule has 1 aromatic heterocycles. The zero-order valence-corrected chi connectivity index (χ0v) is 18.3. The Balaban J connectivity index is 1.35. The lowest BCUT2D eigenvalue weighted by Crippen LogP contribution is -2.35. The molecule has 3 N–H and O–H groups in total. The molecule has 0 radical (unpaired) electrons. The van der Waals surface area contributed by atoms with E-state index in [1.807, 2.05) is 36.4 Å². The van der Waals surface area contributed by atoms with Gasteiger partial charge in [0, 0.05) is 25.3 Å². The van der Waals surface area contributed by atoms with Gasteiger partial charge in [0.2, 0.25) is 0 Å². The minimum atomic E-state index is 0.528. The van der Waals surface area contributed by atoms with Crippen molar-refractivity contribution >= 4 is 18.1 Å². The number of nitrogens with zero attached hydrogens (tertiary/aromatic N) is 5. The molecule has 0 saturated carbocycles. The molecule has 0 bridgehead atoms. The maximum absolute atomic E-state index is 6.21. The predicted molar refractivity (Wildman–Crippen MR) is 129 cm³/mol. The molecule has 1 aliphatic rings. The lowest BCUT2D eigenvalue weighted by molar-refractivity contribution is 0.0342. The summed E-state index contributed by atoms with van der Waals surface area (Å²) in [6, 6.07) is 15.6. The Morgan fingerprint density at radius 2 is 1.79 bits per heavy atom. The molecule has 1 aliphatic heterocycles. The van der Waals surface area contributed by atoms with Gasteiger partial charge in [-0.25, -0.2) is 20.8 Å². The predicted octanol–water partition coefficient (Wildman–Crippen LogP) is 3.39. The number of benzene rings is 2. The van der Waals surface area contributed by atoms with Crippen molar-refractivity contribution < 1.29 is 9.47 Å². The summed E-state index contributed by atoms with van der Waals surface area (Å²) in [6.45, 7) is 8.09. The minimum absolute atomic E-state index is 0.528. The van der Waals surface area contributed by atoms with E-state index >= 15 is 0 Å². The molecule has 0 amide bonds. The number of aliphatic imine (C=N–C) groups is 1. The first-order chi connectivity index (χ1) is 16.2. The SMILES string of the molecule is C=N/C(=C\N(N)c1ccc(Oc2cncnc2)cc1)Nc1ccc(CN2CCOCC2)cc1. The molecule has 0 aliphatic carbocycles. The largest absolute Gasteiger partial charge is 0.454 e. The molecule has 2 heterocycles. The average Bonchev–Trinajstić information content (AvgIpc) is 2.86. The van der Waals surface area contributed by atoms with Crippen LogP contribution < -0.4 is 20.9 Å². The van der Waals surface area contributed by atoms with Gasteiger partial charge in [0.05, 0.1) is 37.5 Å². The van der Waals surface area contributed by atoms with Crippen molar-refractivity contribution in [1.82, 2.24) is 14.9 Å². The third-order valence-corrected chi connectivity index (χ3v) is 5.08. The Morgan fingerprint density at radius 1 is 1.09 bits per heavy atom. The lowest BCUT2D eigenvalue weighted by atomic mass is 10.2. The number of hydrogen-bond acceptors (Lipinski definition) is 9. The molecule has 9 heteroatoms. The number of hydrazine groups is 1. The third-order valence-electron chi connectivity index (χ3n) is 5.08. The summed E-state index contributed by atoms with van der Waals surface area (Å²) in [5.74, 6) is 7.96. The number of rotatable bonds is 9.